The van der Waals surface area contributed by atoms with E-state index in [1.54, 1.807) is 0 Å². The second-order valence-corrected chi connectivity index (χ2v) is 14.2. The number of fused-ring (bicyclic) bond motifs is 2. The number of benzene rings is 5. The van der Waals surface area contributed by atoms with E-state index in [1.807, 2.05) is 48.5 Å². The van der Waals surface area contributed by atoms with Gasteiger partial charge < -0.3 is 20.4 Å². The summed E-state index contributed by atoms with van der Waals surface area (Å²) in [5.41, 5.74) is 2.12. The van der Waals surface area contributed by atoms with Crippen molar-refractivity contribution in [1.29, 1.82) is 0 Å². The fourth-order valence-electron chi connectivity index (χ4n) is 7.79. The Morgan fingerprint density at radius 2 is 0.740 bits per heavy atom. The number of carbonyl (C=O) groups excluding carboxylic acids is 4. The zero-order valence-corrected chi connectivity index (χ0v) is 29.5. The lowest BCUT2D eigenvalue weighted by Crippen LogP contribution is -2.41. The minimum atomic E-state index is -0.269. The zero-order valence-electron chi connectivity index (χ0n) is 29.5. The van der Waals surface area contributed by atoms with Crippen LogP contribution in [0.4, 0.5) is 0 Å². The van der Waals surface area contributed by atoms with Crippen LogP contribution in [0.25, 0.3) is 43.1 Å². The van der Waals surface area contributed by atoms with Gasteiger partial charge in [0.1, 0.15) is 0 Å². The van der Waals surface area contributed by atoms with E-state index in [-0.39, 0.29) is 23.6 Å². The summed E-state index contributed by atoms with van der Waals surface area (Å²) in [6.07, 6.45) is 3.43. The molecule has 10 nitrogen and oxygen atoms in total. The topological polar surface area (TPSA) is 105 Å². The van der Waals surface area contributed by atoms with Crippen LogP contribution < -0.4 is 10.6 Å². The van der Waals surface area contributed by atoms with Gasteiger partial charge in [0, 0.05) is 46.1 Å². The van der Waals surface area contributed by atoms with E-state index in [1.165, 1.54) is 9.80 Å². The van der Waals surface area contributed by atoms with Gasteiger partial charge in [0.2, 0.25) is 0 Å². The van der Waals surface area contributed by atoms with Gasteiger partial charge in [-0.3, -0.25) is 29.0 Å². The summed E-state index contributed by atoms with van der Waals surface area (Å²) in [4.78, 5) is 62.3. The summed E-state index contributed by atoms with van der Waals surface area (Å²) in [6, 6.07) is 15.2. The van der Waals surface area contributed by atoms with Crippen molar-refractivity contribution in [3.05, 3.63) is 70.8 Å². The van der Waals surface area contributed by atoms with Gasteiger partial charge in [-0.25, -0.2) is 0 Å². The van der Waals surface area contributed by atoms with E-state index in [2.05, 4.69) is 48.6 Å². The molecule has 7 rings (SSSR count). The predicted molar refractivity (Wildman–Crippen MR) is 200 cm³/mol. The largest absolute Gasteiger partial charge is 0.317 e. The normalized spacial score (nSPS) is 14.8. The molecule has 0 fully saturated rings. The van der Waals surface area contributed by atoms with Gasteiger partial charge in [-0.15, -0.1) is 0 Å². The number of carbonyl (C=O) groups is 4. The van der Waals surface area contributed by atoms with Crippen LogP contribution in [0.1, 0.15) is 67.1 Å². The minimum absolute atomic E-state index is 0.269. The fraction of sp³-hybridized carbons (Fsp3) is 0.400. The number of nitrogens with zero attached hydrogens (tertiary/aromatic N) is 4. The molecular formula is C40H46N6O4. The van der Waals surface area contributed by atoms with Crippen LogP contribution in [0, 0.1) is 0 Å². The highest BCUT2D eigenvalue weighted by Crippen LogP contribution is 2.46. The Kier molecular flexibility index (Phi) is 9.54. The zero-order chi connectivity index (χ0) is 35.1. The fourth-order valence-corrected chi connectivity index (χ4v) is 7.79. The average Bonchev–Trinajstić information content (AvgIpc) is 3.10. The van der Waals surface area contributed by atoms with Gasteiger partial charge in [0.25, 0.3) is 23.6 Å². The first-order chi connectivity index (χ1) is 24.2. The van der Waals surface area contributed by atoms with Crippen molar-refractivity contribution >= 4 is 66.7 Å². The molecule has 0 saturated carbocycles. The summed E-state index contributed by atoms with van der Waals surface area (Å²) < 4.78 is 0. The van der Waals surface area contributed by atoms with Crippen molar-refractivity contribution in [2.75, 3.05) is 80.5 Å². The number of imide groups is 2. The van der Waals surface area contributed by atoms with Crippen LogP contribution in [0.2, 0.25) is 0 Å². The van der Waals surface area contributed by atoms with Crippen molar-refractivity contribution in [3.8, 4) is 0 Å². The summed E-state index contributed by atoms with van der Waals surface area (Å²) >= 11 is 0. The highest BCUT2D eigenvalue weighted by atomic mass is 16.2. The summed E-state index contributed by atoms with van der Waals surface area (Å²) in [6.45, 7) is 5.95. The van der Waals surface area contributed by atoms with Crippen molar-refractivity contribution in [1.82, 2.24) is 30.2 Å². The van der Waals surface area contributed by atoms with Crippen LogP contribution >= 0.6 is 0 Å². The van der Waals surface area contributed by atoms with Crippen molar-refractivity contribution < 1.29 is 19.2 Å². The maximum absolute atomic E-state index is 13.8. The van der Waals surface area contributed by atoms with Crippen LogP contribution in [-0.2, 0) is 0 Å². The SMILES string of the molecule is CN(C)CCCNCCCN1C(=O)c2ccc3c4ccc5c6c(ccc(c7ccc(c2c37)C1=O)c64)C(=O)N(CCCNCCCN(C)C)C5=O. The van der Waals surface area contributed by atoms with Gasteiger partial charge in [0.15, 0.2) is 0 Å². The highest BCUT2D eigenvalue weighted by molar-refractivity contribution is 6.41. The molecule has 0 bridgehead atoms. The molecule has 0 aliphatic carbocycles. The lowest BCUT2D eigenvalue weighted by molar-refractivity contribution is 0.0593. The Bertz CT molecular complexity index is 1870. The number of amides is 4. The summed E-state index contributed by atoms with van der Waals surface area (Å²) in [7, 11) is 8.22. The van der Waals surface area contributed by atoms with E-state index in [0.717, 1.165) is 84.4 Å². The number of hydrogen-bond donors (Lipinski definition) is 2. The van der Waals surface area contributed by atoms with Crippen LogP contribution in [0.3, 0.4) is 0 Å². The number of rotatable bonds is 16. The molecule has 0 spiro atoms. The van der Waals surface area contributed by atoms with Gasteiger partial charge in [-0.2, -0.15) is 0 Å². The Labute approximate surface area is 292 Å². The molecule has 10 heteroatoms. The van der Waals surface area contributed by atoms with Gasteiger partial charge >= 0.3 is 0 Å². The maximum atomic E-state index is 13.8. The smallest absolute Gasteiger partial charge is 0.261 e. The number of hydrogen-bond acceptors (Lipinski definition) is 8. The quantitative estimate of drug-likeness (QED) is 0.0667. The van der Waals surface area contributed by atoms with Crippen molar-refractivity contribution in [3.63, 3.8) is 0 Å². The standard InChI is InChI=1S/C40H46N6O4/c1-43(2)21-5-17-41-19-7-23-45-37(47)29-13-9-25-27-11-15-31-36-32(40(50)46(39(31)49)24-8-20-42-18-6-22-44(3)4)16-12-28(34(27)36)26-10-14-30(38(45)48)35(29)33(25)26/h9-16,41-42H,5-8,17-24H2,1-4H3. The van der Waals surface area contributed by atoms with Gasteiger partial charge in [-0.05, 0) is 150 Å². The first-order valence-corrected chi connectivity index (χ1v) is 17.8. The molecule has 2 aliphatic rings. The van der Waals surface area contributed by atoms with E-state index in [9.17, 15) is 19.2 Å². The highest BCUT2D eigenvalue weighted by Gasteiger charge is 2.36. The lowest BCUT2D eigenvalue weighted by atomic mass is 9.82. The van der Waals surface area contributed by atoms with Crippen LogP contribution in [0.5, 0.6) is 0 Å². The minimum Gasteiger partial charge on any atom is -0.317 e. The van der Waals surface area contributed by atoms with Crippen molar-refractivity contribution in [2.45, 2.75) is 25.7 Å². The summed E-state index contributed by atoms with van der Waals surface area (Å²) in [5.74, 6) is -1.07. The van der Waals surface area contributed by atoms with E-state index >= 15 is 0 Å². The molecule has 2 heterocycles. The first-order valence-electron chi connectivity index (χ1n) is 17.8. The predicted octanol–water partition coefficient (Wildman–Crippen LogP) is 4.79. The molecule has 5 aromatic carbocycles. The third-order valence-corrected chi connectivity index (χ3v) is 10.2. The van der Waals surface area contributed by atoms with Gasteiger partial charge in [-0.1, -0.05) is 24.3 Å². The van der Waals surface area contributed by atoms with E-state index < -0.39 is 0 Å². The average molecular weight is 675 g/mol. The molecule has 2 aliphatic heterocycles. The van der Waals surface area contributed by atoms with E-state index in [4.69, 9.17) is 0 Å². The summed E-state index contributed by atoms with van der Waals surface area (Å²) in [5, 5.41) is 13.5. The van der Waals surface area contributed by atoms with Crippen LogP contribution in [-0.4, -0.2) is 124 Å². The van der Waals surface area contributed by atoms with Gasteiger partial charge in [0.05, 0.1) is 0 Å². The molecule has 0 aromatic heterocycles. The van der Waals surface area contributed by atoms with Crippen LogP contribution in [0.15, 0.2) is 48.5 Å². The third kappa shape index (κ3) is 5.90. The molecule has 260 valence electrons. The monoisotopic (exact) mass is 674 g/mol. The Morgan fingerprint density at radius 3 is 1.04 bits per heavy atom. The Balaban J connectivity index is 1.17. The molecule has 50 heavy (non-hydrogen) atoms. The molecule has 4 amide bonds. The molecule has 0 unspecified atom stereocenters. The molecule has 5 aromatic rings. The molecule has 0 radical (unpaired) electrons. The second kappa shape index (κ2) is 14.0. The first kappa shape index (κ1) is 34.0. The second-order valence-electron chi connectivity index (χ2n) is 14.2. The molecule has 0 atom stereocenters. The molecular weight excluding hydrogens is 628 g/mol. The van der Waals surface area contributed by atoms with E-state index in [0.29, 0.717) is 59.0 Å². The third-order valence-electron chi connectivity index (χ3n) is 10.2. The molecule has 2 N–H and O–H groups in total. The number of nitrogens with one attached hydrogen (secondary N) is 2. The maximum Gasteiger partial charge on any atom is 0.261 e. The Morgan fingerprint density at radius 1 is 0.440 bits per heavy atom. The lowest BCUT2D eigenvalue weighted by Gasteiger charge is -2.30. The van der Waals surface area contributed by atoms with Crippen molar-refractivity contribution in [2.24, 2.45) is 0 Å². The Hall–Kier alpha value is -4.48. The molecule has 0 saturated heterocycles.